The largest absolute Gasteiger partial charge is 0.382 e. The van der Waals surface area contributed by atoms with E-state index in [0.29, 0.717) is 17.3 Å². The van der Waals surface area contributed by atoms with Gasteiger partial charge in [-0.3, -0.25) is 0 Å². The Labute approximate surface area is 157 Å². The molecule has 6 heteroatoms. The van der Waals surface area contributed by atoms with Crippen molar-refractivity contribution in [1.82, 2.24) is 19.9 Å². The molecular weight excluding hydrogens is 338 g/mol. The van der Waals surface area contributed by atoms with Gasteiger partial charge in [-0.25, -0.2) is 15.0 Å². The van der Waals surface area contributed by atoms with Crippen molar-refractivity contribution in [3.8, 4) is 11.5 Å². The number of nitrogens with one attached hydrogen (secondary N) is 1. The van der Waals surface area contributed by atoms with Gasteiger partial charge in [-0.1, -0.05) is 12.1 Å². The number of rotatable bonds is 2. The van der Waals surface area contributed by atoms with E-state index in [0.717, 1.165) is 49.0 Å². The van der Waals surface area contributed by atoms with Gasteiger partial charge in [0.05, 0.1) is 28.5 Å². The van der Waals surface area contributed by atoms with Crippen molar-refractivity contribution in [2.24, 2.45) is 0 Å². The van der Waals surface area contributed by atoms with E-state index in [-0.39, 0.29) is 5.60 Å². The lowest BCUT2D eigenvalue weighted by atomic mass is 9.83. The molecule has 1 aromatic carbocycles. The molecule has 0 amide bonds. The first kappa shape index (κ1) is 16.4. The highest BCUT2D eigenvalue weighted by atomic mass is 16.5. The molecule has 1 spiro atoms. The summed E-state index contributed by atoms with van der Waals surface area (Å²) in [7, 11) is 0. The number of hydrogen-bond acceptors (Lipinski definition) is 5. The smallest absolute Gasteiger partial charge is 0.161 e. The Kier molecular flexibility index (Phi) is 3.75. The Balaban J connectivity index is 1.50. The van der Waals surface area contributed by atoms with Crippen molar-refractivity contribution in [2.45, 2.75) is 44.6 Å². The Bertz CT molecular complexity index is 1050. The minimum atomic E-state index is 0.0597. The van der Waals surface area contributed by atoms with E-state index in [1.165, 1.54) is 17.6 Å². The molecule has 1 aliphatic heterocycles. The fraction of sp³-hybridized carbons (Fsp3) is 0.381. The number of aromatic nitrogens is 4. The summed E-state index contributed by atoms with van der Waals surface area (Å²) in [6.07, 6.45) is 9.31. The van der Waals surface area contributed by atoms with Crippen molar-refractivity contribution < 1.29 is 4.74 Å². The summed E-state index contributed by atoms with van der Waals surface area (Å²) in [6.45, 7) is 2.95. The lowest BCUT2D eigenvalue weighted by molar-refractivity contribution is -0.00161. The van der Waals surface area contributed by atoms with E-state index in [4.69, 9.17) is 15.5 Å². The van der Waals surface area contributed by atoms with E-state index in [2.05, 4.69) is 34.0 Å². The molecular formula is C21H23N5O. The van der Waals surface area contributed by atoms with E-state index in [9.17, 15) is 0 Å². The first-order chi connectivity index (χ1) is 13.1. The number of nitrogens with zero attached hydrogens (tertiary/aromatic N) is 3. The third-order valence-electron chi connectivity index (χ3n) is 5.75. The number of nitrogens with two attached hydrogens (primary N) is 1. The third-order valence-corrected chi connectivity index (χ3v) is 5.75. The molecule has 27 heavy (non-hydrogen) atoms. The van der Waals surface area contributed by atoms with Gasteiger partial charge in [-0.2, -0.15) is 0 Å². The van der Waals surface area contributed by atoms with Crippen LogP contribution in [-0.2, 0) is 4.74 Å². The van der Waals surface area contributed by atoms with Crippen molar-refractivity contribution in [3.63, 3.8) is 0 Å². The lowest BCUT2D eigenvalue weighted by Crippen LogP contribution is -2.29. The molecule has 6 nitrogen and oxygen atoms in total. The fourth-order valence-corrected chi connectivity index (χ4v) is 4.18. The van der Waals surface area contributed by atoms with Crippen molar-refractivity contribution in [2.75, 3.05) is 12.3 Å². The Hall–Kier alpha value is -2.73. The van der Waals surface area contributed by atoms with Crippen molar-refractivity contribution >= 4 is 22.4 Å². The van der Waals surface area contributed by atoms with Gasteiger partial charge in [0.15, 0.2) is 11.6 Å². The molecule has 1 atom stereocenters. The van der Waals surface area contributed by atoms with Crippen molar-refractivity contribution in [3.05, 3.63) is 41.7 Å². The van der Waals surface area contributed by atoms with Crippen LogP contribution in [0.2, 0.25) is 0 Å². The first-order valence-corrected chi connectivity index (χ1v) is 9.55. The van der Waals surface area contributed by atoms with Gasteiger partial charge >= 0.3 is 0 Å². The minimum absolute atomic E-state index is 0.0597. The molecule has 3 aromatic rings. The number of allylic oxidation sites excluding steroid dienone is 1. The second-order valence-electron chi connectivity index (χ2n) is 7.66. The monoisotopic (exact) mass is 361 g/mol. The quantitative estimate of drug-likeness (QED) is 0.719. The normalized spacial score (nSPS) is 22.5. The number of imidazole rings is 1. The fourth-order valence-electron chi connectivity index (χ4n) is 4.18. The van der Waals surface area contributed by atoms with Gasteiger partial charge in [0.1, 0.15) is 5.69 Å². The lowest BCUT2D eigenvalue weighted by Gasteiger charge is -2.31. The number of aryl methyl sites for hydroxylation is 1. The van der Waals surface area contributed by atoms with Gasteiger partial charge in [0, 0.05) is 6.61 Å². The van der Waals surface area contributed by atoms with Crippen LogP contribution in [0.3, 0.4) is 0 Å². The molecule has 1 aliphatic carbocycles. The molecule has 2 aliphatic rings. The van der Waals surface area contributed by atoms with Crippen LogP contribution in [0.4, 0.5) is 5.82 Å². The summed E-state index contributed by atoms with van der Waals surface area (Å²) < 4.78 is 6.01. The highest BCUT2D eigenvalue weighted by molar-refractivity contribution is 5.81. The molecule has 3 heterocycles. The Morgan fingerprint density at radius 2 is 2.15 bits per heavy atom. The van der Waals surface area contributed by atoms with Gasteiger partial charge in [-0.05, 0) is 62.3 Å². The number of nitrogen functional groups attached to an aromatic ring is 1. The van der Waals surface area contributed by atoms with Gasteiger partial charge in [0.25, 0.3) is 0 Å². The molecule has 0 saturated carbocycles. The summed E-state index contributed by atoms with van der Waals surface area (Å²) in [5.41, 5.74) is 12.0. The van der Waals surface area contributed by atoms with Crippen molar-refractivity contribution in [1.29, 1.82) is 0 Å². The molecule has 5 rings (SSSR count). The maximum atomic E-state index is 6.12. The summed E-state index contributed by atoms with van der Waals surface area (Å²) in [6, 6.07) is 6.12. The molecule has 0 radical (unpaired) electrons. The van der Waals surface area contributed by atoms with Crippen LogP contribution in [0.5, 0.6) is 0 Å². The molecule has 0 bridgehead atoms. The zero-order valence-corrected chi connectivity index (χ0v) is 15.5. The summed E-state index contributed by atoms with van der Waals surface area (Å²) >= 11 is 0. The van der Waals surface area contributed by atoms with Crippen LogP contribution in [0, 0.1) is 6.92 Å². The van der Waals surface area contributed by atoms with Crippen LogP contribution in [0.1, 0.15) is 43.4 Å². The van der Waals surface area contributed by atoms with Crippen LogP contribution in [0.15, 0.2) is 30.5 Å². The predicted octanol–water partition coefficient (Wildman–Crippen LogP) is 4.03. The molecule has 1 unspecified atom stereocenters. The first-order valence-electron chi connectivity index (χ1n) is 9.55. The predicted molar refractivity (Wildman–Crippen MR) is 106 cm³/mol. The SMILES string of the molecule is Cc1ccc2nc(-c3nc(C4=CCC5(CCCO5)CC4)cnc3N)[nH]c2c1. The van der Waals surface area contributed by atoms with Crippen LogP contribution in [-0.4, -0.2) is 32.1 Å². The molecule has 138 valence electrons. The van der Waals surface area contributed by atoms with Gasteiger partial charge in [0.2, 0.25) is 0 Å². The number of fused-ring (bicyclic) bond motifs is 1. The zero-order valence-electron chi connectivity index (χ0n) is 15.5. The number of ether oxygens (including phenoxy) is 1. The molecule has 1 fully saturated rings. The Morgan fingerprint density at radius 1 is 1.22 bits per heavy atom. The van der Waals surface area contributed by atoms with E-state index in [1.807, 2.05) is 12.1 Å². The number of hydrogen-bond donors (Lipinski definition) is 2. The van der Waals surface area contributed by atoms with E-state index < -0.39 is 0 Å². The highest BCUT2D eigenvalue weighted by Gasteiger charge is 2.36. The van der Waals surface area contributed by atoms with Gasteiger partial charge in [-0.15, -0.1) is 0 Å². The maximum Gasteiger partial charge on any atom is 0.161 e. The second kappa shape index (κ2) is 6.16. The summed E-state index contributed by atoms with van der Waals surface area (Å²) in [4.78, 5) is 17.2. The van der Waals surface area contributed by atoms with Crippen LogP contribution < -0.4 is 5.73 Å². The molecule has 1 saturated heterocycles. The summed E-state index contributed by atoms with van der Waals surface area (Å²) in [5, 5.41) is 0. The summed E-state index contributed by atoms with van der Waals surface area (Å²) in [5.74, 6) is 1.05. The number of anilines is 1. The number of aromatic amines is 1. The molecule has 2 aromatic heterocycles. The third kappa shape index (κ3) is 2.90. The maximum absolute atomic E-state index is 6.12. The van der Waals surface area contributed by atoms with E-state index in [1.54, 1.807) is 6.20 Å². The highest BCUT2D eigenvalue weighted by Crippen LogP contribution is 2.41. The van der Waals surface area contributed by atoms with Crippen LogP contribution >= 0.6 is 0 Å². The Morgan fingerprint density at radius 3 is 2.93 bits per heavy atom. The topological polar surface area (TPSA) is 89.7 Å². The number of H-pyrrole nitrogens is 1. The second-order valence-corrected chi connectivity index (χ2v) is 7.66. The minimum Gasteiger partial charge on any atom is -0.382 e. The van der Waals surface area contributed by atoms with E-state index >= 15 is 0 Å². The average molecular weight is 361 g/mol. The standard InChI is InChI=1S/C21H23N5O/c1-13-3-4-15-16(11-13)26-20(25-15)18-19(22)23-12-17(24-18)14-5-8-21(9-6-14)7-2-10-27-21/h3-5,11-12H,2,6-10H2,1H3,(H2,22,23)(H,25,26). The zero-order chi connectivity index (χ0) is 18.4. The van der Waals surface area contributed by atoms with Crippen LogP contribution in [0.25, 0.3) is 28.1 Å². The van der Waals surface area contributed by atoms with Gasteiger partial charge < -0.3 is 15.5 Å². The molecule has 3 N–H and O–H groups in total. The average Bonchev–Trinajstić information content (AvgIpc) is 3.30. The number of benzene rings is 1.